The second-order valence-corrected chi connectivity index (χ2v) is 15.6. The zero-order valence-electron chi connectivity index (χ0n) is 19.2. The maximum absolute atomic E-state index is 12.5. The Morgan fingerprint density at radius 1 is 1.30 bits per heavy atom. The zero-order valence-corrected chi connectivity index (χ0v) is 20.2. The molecule has 1 saturated carbocycles. The van der Waals surface area contributed by atoms with Gasteiger partial charge in [-0.25, -0.2) is 4.79 Å². The van der Waals surface area contributed by atoms with E-state index < -0.39 is 13.9 Å². The van der Waals surface area contributed by atoms with Crippen LogP contribution in [-0.4, -0.2) is 32.2 Å². The Labute approximate surface area is 168 Å². The second-order valence-electron chi connectivity index (χ2n) is 10.8. The lowest BCUT2D eigenvalue weighted by Gasteiger charge is -2.41. The minimum Gasteiger partial charge on any atom is -0.444 e. The molecule has 0 unspecified atom stereocenters. The molecule has 1 aliphatic carbocycles. The highest BCUT2D eigenvalue weighted by Gasteiger charge is 2.47. The number of ether oxygens (including phenoxy) is 1. The quantitative estimate of drug-likeness (QED) is 0.406. The lowest BCUT2D eigenvalue weighted by Crippen LogP contribution is -2.54. The Morgan fingerprint density at radius 3 is 2.37 bits per heavy atom. The summed E-state index contributed by atoms with van der Waals surface area (Å²) in [7, 11) is -1.78. The molecule has 0 aromatic carbocycles. The number of carbonyl (C=O) groups is 1. The van der Waals surface area contributed by atoms with E-state index >= 15 is 0 Å². The van der Waals surface area contributed by atoms with Gasteiger partial charge in [0.2, 0.25) is 0 Å². The lowest BCUT2D eigenvalue weighted by atomic mass is 9.77. The summed E-state index contributed by atoms with van der Waals surface area (Å²) in [5.74, 6) is 0.740. The van der Waals surface area contributed by atoms with E-state index in [0.29, 0.717) is 11.8 Å². The lowest BCUT2D eigenvalue weighted by molar-refractivity contribution is 0.0381. The molecule has 0 aromatic heterocycles. The highest BCUT2D eigenvalue weighted by Crippen LogP contribution is 2.44. The molecule has 1 fully saturated rings. The molecule has 0 aromatic rings. The number of nitrogens with one attached hydrogen (secondary N) is 1. The molecule has 1 aliphatic rings. The number of amides is 1. The molecule has 0 bridgehead atoms. The van der Waals surface area contributed by atoms with Crippen LogP contribution in [0, 0.1) is 11.8 Å². The van der Waals surface area contributed by atoms with Crippen LogP contribution in [0.4, 0.5) is 4.79 Å². The van der Waals surface area contributed by atoms with Gasteiger partial charge in [0.05, 0.1) is 0 Å². The SMILES string of the molecule is C=CC[C@@]1(NC(=O)OC(C)(C)C)CCC[C@@H]1[C@@H](C)CO[Si](C)(C)C(C)(C)C. The summed E-state index contributed by atoms with van der Waals surface area (Å²) in [6.07, 6.45) is 5.55. The topological polar surface area (TPSA) is 47.6 Å². The normalized spacial score (nSPS) is 25.1. The van der Waals surface area contributed by atoms with Crippen LogP contribution in [0.3, 0.4) is 0 Å². The van der Waals surface area contributed by atoms with Crippen LogP contribution < -0.4 is 5.32 Å². The predicted octanol–water partition coefficient (Wildman–Crippen LogP) is 6.28. The number of hydrogen-bond donors (Lipinski definition) is 1. The number of rotatable bonds is 7. The van der Waals surface area contributed by atoms with Gasteiger partial charge in [-0.15, -0.1) is 6.58 Å². The first kappa shape index (κ1) is 24.2. The molecule has 0 heterocycles. The van der Waals surface area contributed by atoms with Crippen molar-refractivity contribution >= 4 is 14.4 Å². The number of hydrogen-bond acceptors (Lipinski definition) is 3. The van der Waals surface area contributed by atoms with E-state index in [4.69, 9.17) is 9.16 Å². The van der Waals surface area contributed by atoms with Gasteiger partial charge in [0.1, 0.15) is 5.60 Å². The molecule has 27 heavy (non-hydrogen) atoms. The van der Waals surface area contributed by atoms with Gasteiger partial charge in [0, 0.05) is 12.1 Å². The van der Waals surface area contributed by atoms with Crippen LogP contribution in [0.5, 0.6) is 0 Å². The summed E-state index contributed by atoms with van der Waals surface area (Å²) < 4.78 is 12.0. The van der Waals surface area contributed by atoms with Crippen LogP contribution >= 0.6 is 0 Å². The molecule has 0 aliphatic heterocycles. The monoisotopic (exact) mass is 397 g/mol. The van der Waals surface area contributed by atoms with E-state index in [1.807, 2.05) is 26.8 Å². The molecule has 4 nitrogen and oxygen atoms in total. The summed E-state index contributed by atoms with van der Waals surface area (Å²) in [5, 5.41) is 3.44. The van der Waals surface area contributed by atoms with Crippen molar-refractivity contribution in [3.05, 3.63) is 12.7 Å². The van der Waals surface area contributed by atoms with Crippen LogP contribution in [0.15, 0.2) is 12.7 Å². The Balaban J connectivity index is 2.89. The Bertz CT molecular complexity index is 519. The summed E-state index contributed by atoms with van der Waals surface area (Å²) in [4.78, 5) is 12.5. The molecule has 1 rings (SSSR count). The molecule has 0 spiro atoms. The molecule has 3 atom stereocenters. The first-order chi connectivity index (χ1) is 12.1. The van der Waals surface area contributed by atoms with Crippen molar-refractivity contribution < 1.29 is 14.0 Å². The smallest absolute Gasteiger partial charge is 0.408 e. The van der Waals surface area contributed by atoms with E-state index in [-0.39, 0.29) is 16.7 Å². The van der Waals surface area contributed by atoms with E-state index in [1.165, 1.54) is 0 Å². The van der Waals surface area contributed by atoms with Crippen molar-refractivity contribution in [2.45, 2.75) is 103 Å². The Kier molecular flexibility index (Phi) is 7.79. The highest BCUT2D eigenvalue weighted by molar-refractivity contribution is 6.74. The van der Waals surface area contributed by atoms with Gasteiger partial charge in [-0.1, -0.05) is 40.2 Å². The minimum atomic E-state index is -1.78. The third-order valence-electron chi connectivity index (χ3n) is 6.31. The van der Waals surface area contributed by atoms with Gasteiger partial charge < -0.3 is 14.5 Å². The summed E-state index contributed by atoms with van der Waals surface area (Å²) in [5.41, 5.74) is -0.773. The molecule has 1 amide bonds. The number of carbonyl (C=O) groups excluding carboxylic acids is 1. The van der Waals surface area contributed by atoms with Gasteiger partial charge in [-0.05, 0) is 70.0 Å². The van der Waals surface area contributed by atoms with Gasteiger partial charge in [0.25, 0.3) is 0 Å². The number of alkyl carbamates (subject to hydrolysis) is 1. The van der Waals surface area contributed by atoms with Crippen molar-refractivity contribution in [1.82, 2.24) is 5.32 Å². The average Bonchev–Trinajstić information content (AvgIpc) is 2.85. The maximum atomic E-state index is 12.5. The average molecular weight is 398 g/mol. The summed E-state index contributed by atoms with van der Waals surface area (Å²) >= 11 is 0. The van der Waals surface area contributed by atoms with E-state index in [1.54, 1.807) is 0 Å². The molecule has 0 radical (unpaired) electrons. The Morgan fingerprint density at radius 2 is 1.89 bits per heavy atom. The van der Waals surface area contributed by atoms with E-state index in [0.717, 1.165) is 32.3 Å². The van der Waals surface area contributed by atoms with Crippen LogP contribution in [0.1, 0.15) is 74.1 Å². The molecule has 0 saturated heterocycles. The van der Waals surface area contributed by atoms with Gasteiger partial charge in [0.15, 0.2) is 8.32 Å². The van der Waals surface area contributed by atoms with Crippen molar-refractivity contribution in [3.63, 3.8) is 0 Å². The third-order valence-corrected chi connectivity index (χ3v) is 10.8. The third kappa shape index (κ3) is 6.63. The van der Waals surface area contributed by atoms with Crippen molar-refractivity contribution in [2.75, 3.05) is 6.61 Å². The molecular formula is C22H43NO3Si. The molecule has 1 N–H and O–H groups in total. The fourth-order valence-electron chi connectivity index (χ4n) is 3.82. The molecule has 5 heteroatoms. The van der Waals surface area contributed by atoms with Gasteiger partial charge >= 0.3 is 6.09 Å². The largest absolute Gasteiger partial charge is 0.444 e. The van der Waals surface area contributed by atoms with Crippen LogP contribution in [-0.2, 0) is 9.16 Å². The standard InChI is InChI=1S/C22H43NO3Si/c1-11-14-22(23-19(24)26-20(3,4)5)15-12-13-18(22)17(2)16-25-27(9,10)21(6,7)8/h11,17-18H,1,12-16H2,2-10H3,(H,23,24)/t17-,18+,22+/m0/s1. The highest BCUT2D eigenvalue weighted by atomic mass is 28.4. The summed E-state index contributed by atoms with van der Waals surface area (Å²) in [6.45, 7) is 24.0. The second kappa shape index (κ2) is 8.69. The van der Waals surface area contributed by atoms with Gasteiger partial charge in [-0.2, -0.15) is 0 Å². The first-order valence-corrected chi connectivity index (χ1v) is 13.3. The molecule has 158 valence electrons. The van der Waals surface area contributed by atoms with Crippen LogP contribution in [0.25, 0.3) is 0 Å². The fraction of sp³-hybridized carbons (Fsp3) is 0.864. The molecular weight excluding hydrogens is 354 g/mol. The predicted molar refractivity (Wildman–Crippen MR) is 117 cm³/mol. The first-order valence-electron chi connectivity index (χ1n) is 10.4. The Hall–Kier alpha value is -0.813. The summed E-state index contributed by atoms with van der Waals surface area (Å²) in [6, 6.07) is 0. The minimum absolute atomic E-state index is 0.204. The van der Waals surface area contributed by atoms with Crippen LogP contribution in [0.2, 0.25) is 18.1 Å². The van der Waals surface area contributed by atoms with Crippen molar-refractivity contribution in [2.24, 2.45) is 11.8 Å². The zero-order chi connectivity index (χ0) is 21.1. The van der Waals surface area contributed by atoms with E-state index in [2.05, 4.69) is 52.7 Å². The van der Waals surface area contributed by atoms with Crippen molar-refractivity contribution in [1.29, 1.82) is 0 Å². The fourth-order valence-corrected chi connectivity index (χ4v) is 4.94. The maximum Gasteiger partial charge on any atom is 0.408 e. The van der Waals surface area contributed by atoms with E-state index in [9.17, 15) is 4.79 Å². The van der Waals surface area contributed by atoms with Gasteiger partial charge in [-0.3, -0.25) is 0 Å². The van der Waals surface area contributed by atoms with Crippen molar-refractivity contribution in [3.8, 4) is 0 Å².